The molecule has 0 aromatic carbocycles. The molecule has 0 saturated heterocycles. The van der Waals surface area contributed by atoms with Crippen LogP contribution in [0.3, 0.4) is 0 Å². The minimum atomic E-state index is -2.55. The standard InChI is InChI=1S/C12H27N2O4P/c1-11(2,9-12(3,4)18-14)7-5-6-10(13)8-17-19(15)16/h10H,5-9,13-14H2,1-4H3/p+1/t10-/m1/s1. The van der Waals surface area contributed by atoms with E-state index in [9.17, 15) is 4.57 Å². The van der Waals surface area contributed by atoms with Gasteiger partial charge in [0.15, 0.2) is 0 Å². The second-order valence-electron chi connectivity index (χ2n) is 6.40. The van der Waals surface area contributed by atoms with Crippen molar-refractivity contribution in [2.75, 3.05) is 6.61 Å². The molecule has 0 aromatic rings. The lowest BCUT2D eigenvalue weighted by molar-refractivity contribution is -0.0496. The third-order valence-corrected chi connectivity index (χ3v) is 3.42. The van der Waals surface area contributed by atoms with E-state index in [-0.39, 0.29) is 23.7 Å². The molecule has 0 rings (SSSR count). The summed E-state index contributed by atoms with van der Waals surface area (Å²) in [4.78, 5) is 13.5. The quantitative estimate of drug-likeness (QED) is 0.421. The lowest BCUT2D eigenvalue weighted by atomic mass is 9.78. The highest BCUT2D eigenvalue weighted by Gasteiger charge is 2.29. The van der Waals surface area contributed by atoms with Crippen molar-refractivity contribution in [2.24, 2.45) is 17.0 Å². The number of rotatable bonds is 10. The van der Waals surface area contributed by atoms with Gasteiger partial charge >= 0.3 is 8.25 Å². The Morgan fingerprint density at radius 1 is 1.32 bits per heavy atom. The molecule has 0 aliphatic carbocycles. The summed E-state index contributed by atoms with van der Waals surface area (Å²) >= 11 is 0. The summed E-state index contributed by atoms with van der Waals surface area (Å²) in [6.45, 7) is 8.38. The highest BCUT2D eigenvalue weighted by atomic mass is 31.1. The van der Waals surface area contributed by atoms with Crippen LogP contribution in [0.25, 0.3) is 0 Å². The molecule has 2 atom stereocenters. The largest absolute Gasteiger partial charge is 0.694 e. The number of nitrogens with two attached hydrogens (primary N) is 2. The van der Waals surface area contributed by atoms with E-state index in [0.717, 1.165) is 25.7 Å². The van der Waals surface area contributed by atoms with Gasteiger partial charge in [-0.25, -0.2) is 5.90 Å². The Morgan fingerprint density at radius 2 is 1.89 bits per heavy atom. The first-order valence-electron chi connectivity index (χ1n) is 6.50. The van der Waals surface area contributed by atoms with Gasteiger partial charge in [0, 0.05) is 10.6 Å². The van der Waals surface area contributed by atoms with Crippen LogP contribution in [0.15, 0.2) is 0 Å². The van der Waals surface area contributed by atoms with Crippen LogP contribution in [0.4, 0.5) is 0 Å². The van der Waals surface area contributed by atoms with Crippen LogP contribution in [0.5, 0.6) is 0 Å². The summed E-state index contributed by atoms with van der Waals surface area (Å²) in [5.74, 6) is 5.27. The van der Waals surface area contributed by atoms with Crippen LogP contribution in [0, 0.1) is 5.41 Å². The van der Waals surface area contributed by atoms with Crippen molar-refractivity contribution in [3.63, 3.8) is 0 Å². The van der Waals surface area contributed by atoms with Crippen LogP contribution in [0.1, 0.15) is 53.4 Å². The molecule has 0 saturated carbocycles. The molecule has 0 aliphatic heterocycles. The molecule has 0 amide bonds. The average molecular weight is 295 g/mol. The van der Waals surface area contributed by atoms with Crippen molar-refractivity contribution < 1.29 is 18.8 Å². The van der Waals surface area contributed by atoms with Gasteiger partial charge in [-0.15, -0.1) is 9.42 Å². The first-order valence-corrected chi connectivity index (χ1v) is 7.63. The molecule has 5 N–H and O–H groups in total. The third-order valence-electron chi connectivity index (χ3n) is 3.05. The Bertz CT molecular complexity index is 285. The number of hydrogen-bond donors (Lipinski definition) is 3. The predicted octanol–water partition coefficient (Wildman–Crippen LogP) is 2.24. The van der Waals surface area contributed by atoms with E-state index in [1.807, 2.05) is 13.8 Å². The maximum absolute atomic E-state index is 10.4. The molecule has 0 aromatic heterocycles. The SMILES string of the molecule is CC(C)(CCC[C@@H](N)CO[P+](=O)O)CC(C)(C)ON. The minimum absolute atomic E-state index is 0.103. The van der Waals surface area contributed by atoms with Crippen molar-refractivity contribution in [3.8, 4) is 0 Å². The van der Waals surface area contributed by atoms with Crippen molar-refractivity contribution in [3.05, 3.63) is 0 Å². The van der Waals surface area contributed by atoms with E-state index in [1.54, 1.807) is 0 Å². The van der Waals surface area contributed by atoms with Crippen molar-refractivity contribution in [2.45, 2.75) is 65.0 Å². The van der Waals surface area contributed by atoms with E-state index >= 15 is 0 Å². The van der Waals surface area contributed by atoms with Crippen molar-refractivity contribution >= 4 is 8.25 Å². The fraction of sp³-hybridized carbons (Fsp3) is 1.00. The van der Waals surface area contributed by atoms with Gasteiger partial charge in [-0.1, -0.05) is 20.3 Å². The third kappa shape index (κ3) is 10.4. The summed E-state index contributed by atoms with van der Waals surface area (Å²) in [5.41, 5.74) is 5.55. The smallest absolute Gasteiger partial charge is 0.326 e. The molecule has 0 aliphatic rings. The lowest BCUT2D eigenvalue weighted by Crippen LogP contribution is -2.34. The normalized spacial score (nSPS) is 15.4. The zero-order valence-electron chi connectivity index (χ0n) is 12.4. The van der Waals surface area contributed by atoms with Gasteiger partial charge in [-0.05, 0) is 38.5 Å². The second-order valence-corrected chi connectivity index (χ2v) is 7.14. The zero-order valence-corrected chi connectivity index (χ0v) is 13.3. The molecule has 0 spiro atoms. The zero-order chi connectivity index (χ0) is 15.1. The summed E-state index contributed by atoms with van der Waals surface area (Å²) in [6.07, 6.45) is 3.53. The first kappa shape index (κ1) is 18.9. The summed E-state index contributed by atoms with van der Waals surface area (Å²) in [5, 5.41) is 0. The molecule has 0 bridgehead atoms. The second kappa shape index (κ2) is 8.25. The van der Waals surface area contributed by atoms with Crippen LogP contribution in [-0.2, 0) is 13.9 Å². The molecule has 0 fully saturated rings. The first-order chi connectivity index (χ1) is 8.58. The topological polar surface area (TPSA) is 108 Å². The Balaban J connectivity index is 3.94. The molecule has 1 unspecified atom stereocenters. The molecular formula is C12H28N2O4P+. The maximum atomic E-state index is 10.4. The Hall–Kier alpha value is -0.100. The van der Waals surface area contributed by atoms with Crippen LogP contribution >= 0.6 is 8.25 Å². The Morgan fingerprint density at radius 3 is 2.37 bits per heavy atom. The minimum Gasteiger partial charge on any atom is -0.326 e. The van der Waals surface area contributed by atoms with Gasteiger partial charge in [0.1, 0.15) is 6.61 Å². The van der Waals surface area contributed by atoms with Crippen molar-refractivity contribution in [1.29, 1.82) is 0 Å². The van der Waals surface area contributed by atoms with Crippen LogP contribution in [0.2, 0.25) is 0 Å². The molecule has 114 valence electrons. The van der Waals surface area contributed by atoms with Gasteiger partial charge < -0.3 is 5.73 Å². The van der Waals surface area contributed by atoms with Crippen molar-refractivity contribution in [1.82, 2.24) is 0 Å². The average Bonchev–Trinajstić information content (AvgIpc) is 2.24. The monoisotopic (exact) mass is 295 g/mol. The molecule has 7 heteroatoms. The number of hydrogen-bond acceptors (Lipinski definition) is 5. The van der Waals surface area contributed by atoms with E-state index in [2.05, 4.69) is 18.4 Å². The Labute approximate surface area is 116 Å². The molecule has 0 radical (unpaired) electrons. The summed E-state index contributed by atoms with van der Waals surface area (Å²) < 4.78 is 15.0. The van der Waals surface area contributed by atoms with Crippen LogP contribution < -0.4 is 11.6 Å². The fourth-order valence-electron chi connectivity index (χ4n) is 2.37. The fourth-order valence-corrected chi connectivity index (χ4v) is 2.69. The van der Waals surface area contributed by atoms with Gasteiger partial charge in [0.25, 0.3) is 0 Å². The molecule has 0 heterocycles. The van der Waals surface area contributed by atoms with Gasteiger partial charge in [0.05, 0.1) is 5.60 Å². The van der Waals surface area contributed by atoms with Gasteiger partial charge in [0.2, 0.25) is 0 Å². The predicted molar refractivity (Wildman–Crippen MR) is 75.4 cm³/mol. The summed E-state index contributed by atoms with van der Waals surface area (Å²) in [6, 6.07) is -0.208. The van der Waals surface area contributed by atoms with E-state index < -0.39 is 8.25 Å². The molecule has 19 heavy (non-hydrogen) atoms. The maximum Gasteiger partial charge on any atom is 0.694 e. The summed E-state index contributed by atoms with van der Waals surface area (Å²) in [7, 11) is -2.55. The van der Waals surface area contributed by atoms with E-state index in [0.29, 0.717) is 0 Å². The Kier molecular flexibility index (Phi) is 8.20. The van der Waals surface area contributed by atoms with E-state index in [1.165, 1.54) is 0 Å². The van der Waals surface area contributed by atoms with Gasteiger partial charge in [-0.2, -0.15) is 0 Å². The van der Waals surface area contributed by atoms with Crippen LogP contribution in [-0.4, -0.2) is 23.1 Å². The molecular weight excluding hydrogens is 267 g/mol. The highest BCUT2D eigenvalue weighted by molar-refractivity contribution is 7.32. The van der Waals surface area contributed by atoms with Gasteiger partial charge in [-0.3, -0.25) is 4.84 Å². The molecule has 6 nitrogen and oxygen atoms in total. The highest BCUT2D eigenvalue weighted by Crippen LogP contribution is 2.34. The lowest BCUT2D eigenvalue weighted by Gasteiger charge is -2.33. The van der Waals surface area contributed by atoms with E-state index in [4.69, 9.17) is 21.4 Å².